The summed E-state index contributed by atoms with van der Waals surface area (Å²) in [5, 5.41) is 0. The number of carbonyl (C=O) groups excluding carboxylic acids is 2. The topological polar surface area (TPSA) is 43.4 Å². The summed E-state index contributed by atoms with van der Waals surface area (Å²) in [7, 11) is 0. The number of hydrogen-bond donors (Lipinski definition) is 0. The van der Waals surface area contributed by atoms with Crippen LogP contribution in [-0.4, -0.2) is 30.5 Å². The number of ketones is 1. The zero-order valence-corrected chi connectivity index (χ0v) is 6.82. The molecule has 8 heteroatoms. The van der Waals surface area contributed by atoms with Gasteiger partial charge < -0.3 is 4.74 Å². The van der Waals surface area contributed by atoms with E-state index >= 15 is 0 Å². The summed E-state index contributed by atoms with van der Waals surface area (Å²) >= 11 is 0. The Morgan fingerprint density at radius 1 is 1.14 bits per heavy atom. The third-order valence-electron chi connectivity index (χ3n) is 1.09. The molecule has 0 atom stereocenters. The first-order valence-electron chi connectivity index (χ1n) is 3.20. The van der Waals surface area contributed by atoms with Gasteiger partial charge in [0.25, 0.3) is 0 Å². The summed E-state index contributed by atoms with van der Waals surface area (Å²) in [5.41, 5.74) is 0. The van der Waals surface area contributed by atoms with Crippen molar-refractivity contribution in [3.05, 3.63) is 0 Å². The first kappa shape index (κ1) is 12.8. The van der Waals surface area contributed by atoms with E-state index in [0.717, 1.165) is 0 Å². The van der Waals surface area contributed by atoms with Gasteiger partial charge in [-0.1, -0.05) is 0 Å². The minimum atomic E-state index is -5.80. The van der Waals surface area contributed by atoms with Crippen molar-refractivity contribution in [2.75, 3.05) is 6.61 Å². The molecule has 0 bridgehead atoms. The first-order chi connectivity index (χ1) is 6.08. The van der Waals surface area contributed by atoms with Gasteiger partial charge in [0.1, 0.15) is 0 Å². The van der Waals surface area contributed by atoms with E-state index in [4.69, 9.17) is 0 Å². The standard InChI is InChI=1S/C6H5F5O3/c1-3(12)4(13)14-2-5(7,8)6(9,10)11/h2H2,1H3. The Morgan fingerprint density at radius 3 is 1.86 bits per heavy atom. The van der Waals surface area contributed by atoms with Crippen molar-refractivity contribution >= 4 is 11.8 Å². The molecule has 0 heterocycles. The smallest absolute Gasteiger partial charge is 0.453 e. The number of rotatable bonds is 3. The Balaban J connectivity index is 4.27. The van der Waals surface area contributed by atoms with Gasteiger partial charge in [-0.25, -0.2) is 4.79 Å². The van der Waals surface area contributed by atoms with Crippen molar-refractivity contribution in [2.24, 2.45) is 0 Å². The highest BCUT2D eigenvalue weighted by atomic mass is 19.4. The molecule has 0 amide bonds. The molecule has 0 saturated heterocycles. The molecule has 0 aliphatic rings. The number of halogens is 5. The van der Waals surface area contributed by atoms with Gasteiger partial charge in [0, 0.05) is 6.92 Å². The second-order valence-corrected chi connectivity index (χ2v) is 2.33. The minimum absolute atomic E-state index is 0.689. The quantitative estimate of drug-likeness (QED) is 0.409. The number of esters is 1. The largest absolute Gasteiger partial charge is 0.456 e. The van der Waals surface area contributed by atoms with Crippen LogP contribution >= 0.6 is 0 Å². The summed E-state index contributed by atoms with van der Waals surface area (Å²) in [6.45, 7) is -1.50. The Kier molecular flexibility index (Phi) is 3.55. The Labute approximate surface area is 74.8 Å². The fourth-order valence-corrected chi connectivity index (χ4v) is 0.340. The molecule has 0 aliphatic heterocycles. The lowest BCUT2D eigenvalue weighted by Crippen LogP contribution is -2.41. The molecule has 0 saturated carbocycles. The van der Waals surface area contributed by atoms with E-state index in [1.54, 1.807) is 0 Å². The van der Waals surface area contributed by atoms with Crippen LogP contribution in [0.15, 0.2) is 0 Å². The number of ether oxygens (including phenoxy) is 1. The molecule has 0 aromatic carbocycles. The molecule has 0 aromatic heterocycles. The van der Waals surface area contributed by atoms with Crippen molar-refractivity contribution in [2.45, 2.75) is 19.0 Å². The van der Waals surface area contributed by atoms with E-state index in [1.807, 2.05) is 0 Å². The summed E-state index contributed by atoms with van der Waals surface area (Å²) in [6, 6.07) is 0. The van der Waals surface area contributed by atoms with Gasteiger partial charge in [-0.15, -0.1) is 0 Å². The van der Waals surface area contributed by atoms with E-state index in [2.05, 4.69) is 4.74 Å². The Morgan fingerprint density at radius 2 is 1.57 bits per heavy atom. The van der Waals surface area contributed by atoms with Crippen LogP contribution in [0.5, 0.6) is 0 Å². The highest BCUT2D eigenvalue weighted by Gasteiger charge is 2.58. The van der Waals surface area contributed by atoms with Crippen LogP contribution in [0.4, 0.5) is 22.0 Å². The first-order valence-corrected chi connectivity index (χ1v) is 3.20. The zero-order chi connectivity index (χ0) is 11.6. The molecule has 14 heavy (non-hydrogen) atoms. The van der Waals surface area contributed by atoms with Crippen LogP contribution in [0.3, 0.4) is 0 Å². The molecule has 82 valence electrons. The summed E-state index contributed by atoms with van der Waals surface area (Å²) in [5.74, 6) is -8.12. The van der Waals surface area contributed by atoms with Gasteiger partial charge in [0.05, 0.1) is 0 Å². The van der Waals surface area contributed by atoms with Crippen LogP contribution in [0, 0.1) is 0 Å². The molecule has 3 nitrogen and oxygen atoms in total. The SMILES string of the molecule is CC(=O)C(=O)OCC(F)(F)C(F)(F)F. The molecule has 0 fully saturated rings. The van der Waals surface area contributed by atoms with Crippen molar-refractivity contribution in [1.29, 1.82) is 0 Å². The van der Waals surface area contributed by atoms with Gasteiger partial charge in [-0.3, -0.25) is 4.79 Å². The molecule has 0 aromatic rings. The summed E-state index contributed by atoms with van der Waals surface area (Å²) in [6.07, 6.45) is -5.80. The Bertz CT molecular complexity index is 244. The molecule has 0 spiro atoms. The van der Waals surface area contributed by atoms with Crippen molar-refractivity contribution in [3.63, 3.8) is 0 Å². The highest BCUT2D eigenvalue weighted by Crippen LogP contribution is 2.35. The van der Waals surface area contributed by atoms with Gasteiger partial charge >= 0.3 is 18.1 Å². The summed E-state index contributed by atoms with van der Waals surface area (Å²) < 4.78 is 61.9. The number of Topliss-reactive ketones (excluding diaryl/α,β-unsaturated/α-hetero) is 1. The molecule has 0 radical (unpaired) electrons. The van der Waals surface area contributed by atoms with Crippen molar-refractivity contribution < 1.29 is 36.3 Å². The molecule has 0 unspecified atom stereocenters. The van der Waals surface area contributed by atoms with E-state index in [-0.39, 0.29) is 0 Å². The third-order valence-corrected chi connectivity index (χ3v) is 1.09. The maximum atomic E-state index is 12.0. The maximum Gasteiger partial charge on any atom is 0.456 e. The van der Waals surface area contributed by atoms with Crippen LogP contribution in [0.1, 0.15) is 6.92 Å². The fraction of sp³-hybridized carbons (Fsp3) is 0.667. The van der Waals surface area contributed by atoms with Crippen molar-refractivity contribution in [3.8, 4) is 0 Å². The lowest BCUT2D eigenvalue weighted by atomic mass is 10.3. The van der Waals surface area contributed by atoms with Crippen LogP contribution in [0.25, 0.3) is 0 Å². The monoisotopic (exact) mass is 220 g/mol. The second kappa shape index (κ2) is 3.89. The van der Waals surface area contributed by atoms with Gasteiger partial charge in [0.2, 0.25) is 5.78 Å². The molecule has 0 rings (SSSR count). The van der Waals surface area contributed by atoms with E-state index in [1.165, 1.54) is 0 Å². The molecular formula is C6H5F5O3. The third kappa shape index (κ3) is 3.27. The average molecular weight is 220 g/mol. The average Bonchev–Trinajstić information content (AvgIpc) is 1.97. The van der Waals surface area contributed by atoms with Gasteiger partial charge in [0.15, 0.2) is 6.61 Å². The maximum absolute atomic E-state index is 12.0. The lowest BCUT2D eigenvalue weighted by Gasteiger charge is -2.18. The van der Waals surface area contributed by atoms with E-state index in [9.17, 15) is 31.5 Å². The number of carbonyl (C=O) groups is 2. The lowest BCUT2D eigenvalue weighted by molar-refractivity contribution is -0.293. The molecular weight excluding hydrogens is 215 g/mol. The van der Waals surface area contributed by atoms with E-state index < -0.39 is 30.5 Å². The number of alkyl halides is 5. The van der Waals surface area contributed by atoms with Crippen LogP contribution in [-0.2, 0) is 14.3 Å². The highest BCUT2D eigenvalue weighted by molar-refractivity contribution is 6.32. The van der Waals surface area contributed by atoms with Gasteiger partial charge in [-0.05, 0) is 0 Å². The molecule has 0 N–H and O–H groups in total. The predicted octanol–water partition coefficient (Wildman–Crippen LogP) is 1.32. The molecule has 0 aliphatic carbocycles. The summed E-state index contributed by atoms with van der Waals surface area (Å²) in [4.78, 5) is 20.4. The van der Waals surface area contributed by atoms with Crippen LogP contribution < -0.4 is 0 Å². The van der Waals surface area contributed by atoms with E-state index in [0.29, 0.717) is 6.92 Å². The zero-order valence-electron chi connectivity index (χ0n) is 6.82. The normalized spacial score (nSPS) is 12.4. The second-order valence-electron chi connectivity index (χ2n) is 2.33. The fourth-order valence-electron chi connectivity index (χ4n) is 0.340. The predicted molar refractivity (Wildman–Crippen MR) is 32.6 cm³/mol. The van der Waals surface area contributed by atoms with Crippen molar-refractivity contribution in [1.82, 2.24) is 0 Å². The Hall–Kier alpha value is -1.21. The minimum Gasteiger partial charge on any atom is -0.453 e. The van der Waals surface area contributed by atoms with Crippen LogP contribution in [0.2, 0.25) is 0 Å². The number of hydrogen-bond acceptors (Lipinski definition) is 3. The van der Waals surface area contributed by atoms with Gasteiger partial charge in [-0.2, -0.15) is 22.0 Å².